The van der Waals surface area contributed by atoms with E-state index in [0.29, 0.717) is 24.3 Å². The minimum absolute atomic E-state index is 0.0316. The Morgan fingerprint density at radius 3 is 2.72 bits per heavy atom. The Morgan fingerprint density at radius 2 is 2.08 bits per heavy atom. The van der Waals surface area contributed by atoms with Crippen molar-refractivity contribution in [2.45, 2.75) is 45.1 Å². The summed E-state index contributed by atoms with van der Waals surface area (Å²) in [5.41, 5.74) is -0.993. The number of nitrogens with zero attached hydrogens (tertiary/aromatic N) is 1. The van der Waals surface area contributed by atoms with Gasteiger partial charge in [-0.25, -0.2) is 14.2 Å². The van der Waals surface area contributed by atoms with Crippen molar-refractivity contribution in [2.24, 2.45) is 0 Å². The molecule has 0 spiro atoms. The molecule has 0 aliphatic carbocycles. The minimum Gasteiger partial charge on any atom is -0.480 e. The van der Waals surface area contributed by atoms with E-state index in [1.54, 1.807) is 18.2 Å². The van der Waals surface area contributed by atoms with Crippen molar-refractivity contribution < 1.29 is 23.5 Å². The second kappa shape index (κ2) is 7.92. The first-order valence-electron chi connectivity index (χ1n) is 8.09. The van der Waals surface area contributed by atoms with E-state index < -0.39 is 23.2 Å². The van der Waals surface area contributed by atoms with Crippen LogP contribution in [0.15, 0.2) is 34.9 Å². The van der Waals surface area contributed by atoms with Crippen molar-refractivity contribution in [3.63, 3.8) is 0 Å². The normalized spacial score (nSPS) is 13.2. The van der Waals surface area contributed by atoms with E-state index in [-0.39, 0.29) is 18.6 Å². The van der Waals surface area contributed by atoms with E-state index in [1.807, 2.05) is 6.92 Å². The number of aliphatic carboxylic acids is 1. The quantitative estimate of drug-likeness (QED) is 0.764. The summed E-state index contributed by atoms with van der Waals surface area (Å²) in [5, 5.41) is 11.8. The molecule has 1 aromatic carbocycles. The van der Waals surface area contributed by atoms with Crippen LogP contribution in [0, 0.1) is 5.82 Å². The fourth-order valence-electron chi connectivity index (χ4n) is 2.52. The molecule has 1 heterocycles. The van der Waals surface area contributed by atoms with Gasteiger partial charge in [0.15, 0.2) is 11.7 Å². The highest BCUT2D eigenvalue weighted by atomic mass is 19.1. The van der Waals surface area contributed by atoms with Crippen LogP contribution < -0.4 is 5.32 Å². The summed E-state index contributed by atoms with van der Waals surface area (Å²) < 4.78 is 19.2. The smallest absolute Gasteiger partial charge is 0.329 e. The Labute approximate surface area is 145 Å². The molecule has 134 valence electrons. The lowest BCUT2D eigenvalue weighted by Crippen LogP contribution is -2.52. The Morgan fingerprint density at radius 1 is 1.36 bits per heavy atom. The zero-order valence-corrected chi connectivity index (χ0v) is 14.2. The molecule has 1 unspecified atom stereocenters. The maximum atomic E-state index is 13.7. The van der Waals surface area contributed by atoms with Gasteiger partial charge < -0.3 is 14.8 Å². The summed E-state index contributed by atoms with van der Waals surface area (Å²) >= 11 is 0. The SMILES string of the molecule is CCCC(C)(NC(=O)CCc1ncc(-c2ccccc2F)o1)C(=O)O. The van der Waals surface area contributed by atoms with Gasteiger partial charge in [0.05, 0.1) is 11.8 Å². The molecule has 2 rings (SSSR count). The van der Waals surface area contributed by atoms with Crippen molar-refractivity contribution in [2.75, 3.05) is 0 Å². The lowest BCUT2D eigenvalue weighted by molar-refractivity contribution is -0.147. The van der Waals surface area contributed by atoms with Gasteiger partial charge >= 0.3 is 5.97 Å². The molecule has 0 fully saturated rings. The van der Waals surface area contributed by atoms with Gasteiger partial charge in [0.1, 0.15) is 11.4 Å². The summed E-state index contributed by atoms with van der Waals surface area (Å²) in [7, 11) is 0. The van der Waals surface area contributed by atoms with E-state index in [0.717, 1.165) is 0 Å². The van der Waals surface area contributed by atoms with E-state index in [1.165, 1.54) is 19.2 Å². The van der Waals surface area contributed by atoms with Crippen LogP contribution in [0.5, 0.6) is 0 Å². The van der Waals surface area contributed by atoms with E-state index >= 15 is 0 Å². The average molecular weight is 348 g/mol. The topological polar surface area (TPSA) is 92.4 Å². The third-order valence-electron chi connectivity index (χ3n) is 3.90. The summed E-state index contributed by atoms with van der Waals surface area (Å²) in [4.78, 5) is 27.4. The molecule has 1 aromatic heterocycles. The van der Waals surface area contributed by atoms with Crippen molar-refractivity contribution in [1.29, 1.82) is 0 Å². The van der Waals surface area contributed by atoms with Crippen LogP contribution in [0.1, 0.15) is 39.0 Å². The van der Waals surface area contributed by atoms with Crippen molar-refractivity contribution in [3.05, 3.63) is 42.2 Å². The van der Waals surface area contributed by atoms with Gasteiger partial charge in [-0.3, -0.25) is 4.79 Å². The van der Waals surface area contributed by atoms with Gasteiger partial charge in [-0.05, 0) is 25.5 Å². The summed E-state index contributed by atoms with van der Waals surface area (Å²) in [5.74, 6) is -1.31. The van der Waals surface area contributed by atoms with E-state index in [2.05, 4.69) is 10.3 Å². The van der Waals surface area contributed by atoms with Crippen LogP contribution in [0.25, 0.3) is 11.3 Å². The monoisotopic (exact) mass is 348 g/mol. The molecule has 0 saturated heterocycles. The number of carbonyl (C=O) groups excluding carboxylic acids is 1. The maximum Gasteiger partial charge on any atom is 0.329 e. The van der Waals surface area contributed by atoms with Gasteiger partial charge in [-0.15, -0.1) is 0 Å². The molecule has 1 atom stereocenters. The van der Waals surface area contributed by atoms with Crippen molar-refractivity contribution in [1.82, 2.24) is 10.3 Å². The zero-order valence-electron chi connectivity index (χ0n) is 14.2. The summed E-state index contributed by atoms with van der Waals surface area (Å²) in [6, 6.07) is 6.17. The fourth-order valence-corrected chi connectivity index (χ4v) is 2.52. The molecule has 0 saturated carbocycles. The first-order chi connectivity index (χ1) is 11.9. The number of nitrogens with one attached hydrogen (secondary N) is 1. The molecular weight excluding hydrogens is 327 g/mol. The van der Waals surface area contributed by atoms with Crippen molar-refractivity contribution >= 4 is 11.9 Å². The van der Waals surface area contributed by atoms with Crippen LogP contribution in [0.2, 0.25) is 0 Å². The Bertz CT molecular complexity index is 759. The second-order valence-corrected chi connectivity index (χ2v) is 6.03. The number of carboxylic acid groups (broad SMARTS) is 1. The fraction of sp³-hybridized carbons (Fsp3) is 0.389. The third kappa shape index (κ3) is 4.65. The lowest BCUT2D eigenvalue weighted by Gasteiger charge is -2.25. The number of amides is 1. The first-order valence-corrected chi connectivity index (χ1v) is 8.09. The highest BCUT2D eigenvalue weighted by Gasteiger charge is 2.33. The molecule has 25 heavy (non-hydrogen) atoms. The number of hydrogen-bond donors (Lipinski definition) is 2. The lowest BCUT2D eigenvalue weighted by atomic mass is 9.96. The predicted octanol–water partition coefficient (Wildman–Crippen LogP) is 3.17. The Kier molecular flexibility index (Phi) is 5.90. The van der Waals surface area contributed by atoms with Gasteiger partial charge in [-0.2, -0.15) is 0 Å². The molecular formula is C18H21FN2O4. The average Bonchev–Trinajstić information content (AvgIpc) is 3.02. The van der Waals surface area contributed by atoms with Gasteiger partial charge in [-0.1, -0.05) is 25.5 Å². The second-order valence-electron chi connectivity index (χ2n) is 6.03. The Hall–Kier alpha value is -2.70. The number of hydrogen-bond acceptors (Lipinski definition) is 4. The highest BCUT2D eigenvalue weighted by molar-refractivity contribution is 5.86. The molecule has 0 aliphatic heterocycles. The maximum absolute atomic E-state index is 13.7. The molecule has 0 radical (unpaired) electrons. The van der Waals surface area contributed by atoms with E-state index in [4.69, 9.17) is 4.42 Å². The molecule has 1 amide bonds. The highest BCUT2D eigenvalue weighted by Crippen LogP contribution is 2.23. The Balaban J connectivity index is 1.97. The first kappa shape index (κ1) is 18.6. The predicted molar refractivity (Wildman–Crippen MR) is 89.3 cm³/mol. The van der Waals surface area contributed by atoms with Crippen LogP contribution in [-0.2, 0) is 16.0 Å². The van der Waals surface area contributed by atoms with Gasteiger partial charge in [0, 0.05) is 12.8 Å². The van der Waals surface area contributed by atoms with Gasteiger partial charge in [0.25, 0.3) is 0 Å². The number of halogens is 1. The third-order valence-corrected chi connectivity index (χ3v) is 3.90. The molecule has 7 heteroatoms. The van der Waals surface area contributed by atoms with Crippen LogP contribution >= 0.6 is 0 Å². The molecule has 6 nitrogen and oxygen atoms in total. The molecule has 2 N–H and O–H groups in total. The standard InChI is InChI=1S/C18H21FN2O4/c1-3-10-18(2,17(23)24)21-15(22)8-9-16-20-11-14(25-16)12-6-4-5-7-13(12)19/h4-7,11H,3,8-10H2,1-2H3,(H,21,22)(H,23,24). The van der Waals surface area contributed by atoms with E-state index in [9.17, 15) is 19.1 Å². The number of aromatic nitrogens is 1. The van der Waals surface area contributed by atoms with Crippen molar-refractivity contribution in [3.8, 4) is 11.3 Å². The number of carbonyl (C=O) groups is 2. The number of oxazole rings is 1. The number of carboxylic acids is 1. The number of benzene rings is 1. The van der Waals surface area contributed by atoms with Crippen LogP contribution in [0.4, 0.5) is 4.39 Å². The number of rotatable bonds is 8. The van der Waals surface area contributed by atoms with Gasteiger partial charge in [0.2, 0.25) is 5.91 Å². The summed E-state index contributed by atoms with van der Waals surface area (Å²) in [6.07, 6.45) is 2.61. The summed E-state index contributed by atoms with van der Waals surface area (Å²) in [6.45, 7) is 3.34. The zero-order chi connectivity index (χ0) is 18.4. The largest absolute Gasteiger partial charge is 0.480 e. The number of aryl methyl sites for hydroxylation is 1. The molecule has 0 aliphatic rings. The molecule has 0 bridgehead atoms. The van der Waals surface area contributed by atoms with Crippen LogP contribution in [0.3, 0.4) is 0 Å². The minimum atomic E-state index is -1.29. The van der Waals surface area contributed by atoms with Crippen LogP contribution in [-0.4, -0.2) is 27.5 Å². The molecule has 2 aromatic rings.